The molecular formula is C65H109BN6O9S2U. The Kier molecular flexibility index (Phi) is 23.8. The number of nitrogens with two attached hydrogens (primary N) is 1. The SMILES string of the molecule is CC[C@H]1[C@@H](O)[C@@H]2[C@H](CC[C@]3(C)[C@@H]([C@H](C)CCCC(=O)CS(=O)(=O)c4cnn(CC)c4)CC[C@@H]23)[C@@]2(C)CC[C@@H](O)C[C@@H]12.CC[C@H]1[C@@H](O)[C@@H]2[C@H](CC[C@]3(C)[C@@H]([C@H](C)CCN=C=O)CC[C@@H]23)[C@@]2(C)CC[C@@H](C)C[C@@H]12.CCn1cc(S(N)(=O)=O)cn1.[2H][B].[U]. The predicted octanol–water partition coefficient (Wildman–Crippen LogP) is 10.8. The molecule has 2 aromatic rings. The standard InChI is InChI=1S/C33H54N2O5S.C27H45NO2.C5H9N3O2S.BH.U/c1-6-25-29-17-22(36)13-15-33(29,5)28-14-16-32(4)26(11-12-27(32)30(28)31(25)38)21(3)9-8-10-23(37)20-41(39,40)24-18-34-35(7-2)19-24;1-6-19-23-15-17(2)9-12-27(23,5)22-10-13-26(4)20(18(3)11-14-28-16-29)7-8-21(26)24(22)25(19)30;1-2-8-4-5(3-7-8)11(6,9)10;;/h18-19,21-22,25-31,36,38H,6-17,20H2,1-5H3;17-25,30H,6-15H2,1-5H3;3-4H,2H2,1H3,(H2,6,9,10);1H;/t21-,22-,25-,26-,27+,28+,29+,30+,31-,32-,33-;17-,18-,19-,20-,21+,22+,23+,24+,25-,26-,27-;;;/m11.../s1/i;;;1D;. The van der Waals surface area contributed by atoms with E-state index < -0.39 is 25.6 Å². The molecular weight excluding hydrogens is 1320 g/mol. The molecule has 2 heterocycles. The molecule has 0 aliphatic heterocycles. The number of rotatable bonds is 17. The molecule has 8 saturated carbocycles. The van der Waals surface area contributed by atoms with Crippen LogP contribution in [0.1, 0.15) is 205 Å². The summed E-state index contributed by atoms with van der Waals surface area (Å²) in [7, 11) is -3.48. The molecule has 84 heavy (non-hydrogen) atoms. The van der Waals surface area contributed by atoms with Crippen LogP contribution < -0.4 is 5.14 Å². The number of nitrogens with zero attached hydrogens (tertiary/aromatic N) is 5. The Labute approximate surface area is 533 Å². The molecule has 0 unspecified atom stereocenters. The minimum atomic E-state index is -3.65. The number of hydrogen-bond acceptors (Lipinski definition) is 12. The second kappa shape index (κ2) is 28.7. The molecule has 8 fully saturated rings. The van der Waals surface area contributed by atoms with E-state index in [0.29, 0.717) is 114 Å². The van der Waals surface area contributed by atoms with E-state index in [9.17, 15) is 41.7 Å². The maximum Gasteiger partial charge on any atom is 0.241 e. The van der Waals surface area contributed by atoms with Crippen LogP contribution in [0.25, 0.3) is 0 Å². The monoisotopic (exact) mass is 1430 g/mol. The van der Waals surface area contributed by atoms with E-state index in [1.807, 2.05) is 13.8 Å². The van der Waals surface area contributed by atoms with E-state index in [0.717, 1.165) is 57.3 Å². The Morgan fingerprint density at radius 2 is 1.15 bits per heavy atom. The molecule has 10 rings (SSSR count). The molecule has 15 nitrogen and oxygen atoms in total. The number of isocyanates is 1. The van der Waals surface area contributed by atoms with Crippen molar-refractivity contribution in [3.8, 4) is 0 Å². The Bertz CT molecular complexity index is 2790. The largest absolute Gasteiger partial charge is 0.393 e. The topological polar surface area (TPSA) is 237 Å². The van der Waals surface area contributed by atoms with Crippen molar-refractivity contribution in [2.45, 2.75) is 246 Å². The normalized spacial score (nSPS) is 40.1. The quantitative estimate of drug-likeness (QED) is 0.0660. The minimum Gasteiger partial charge on any atom is -0.393 e. The summed E-state index contributed by atoms with van der Waals surface area (Å²) < 4.78 is 55.1. The summed E-state index contributed by atoms with van der Waals surface area (Å²) >= 11 is 0. The number of ketones is 1. The van der Waals surface area contributed by atoms with Crippen LogP contribution in [-0.2, 0) is 42.5 Å². The molecule has 0 saturated heterocycles. The third kappa shape index (κ3) is 14.0. The average molecular weight is 1430 g/mol. The number of Topliss-reactive ketones (excluding diaryl/α,β-unsaturated/α-hetero) is 1. The summed E-state index contributed by atoms with van der Waals surface area (Å²) in [6, 6.07) is 0. The first-order valence-corrected chi connectivity index (χ1v) is 35.8. The summed E-state index contributed by atoms with van der Waals surface area (Å²) in [4.78, 5) is 27.2. The molecule has 0 spiro atoms. The van der Waals surface area contributed by atoms with E-state index in [4.69, 9.17) is 6.47 Å². The van der Waals surface area contributed by atoms with Gasteiger partial charge in [0.05, 0.1) is 37.3 Å². The molecule has 8 aliphatic carbocycles. The van der Waals surface area contributed by atoms with Gasteiger partial charge in [-0.2, -0.15) is 10.2 Å². The smallest absolute Gasteiger partial charge is 0.241 e. The van der Waals surface area contributed by atoms with E-state index in [1.54, 1.807) is 10.8 Å². The minimum absolute atomic E-state index is 0. The fraction of sp³-hybridized carbons (Fsp3) is 0.877. The molecule has 472 valence electrons. The van der Waals surface area contributed by atoms with E-state index >= 15 is 0 Å². The zero-order chi connectivity index (χ0) is 61.9. The van der Waals surface area contributed by atoms with Gasteiger partial charge in [0.25, 0.3) is 0 Å². The Hall–Kier alpha value is -1.67. The molecule has 0 bridgehead atoms. The summed E-state index contributed by atoms with van der Waals surface area (Å²) in [5.41, 5.74) is 1.19. The van der Waals surface area contributed by atoms with E-state index in [1.165, 1.54) is 100 Å². The fourth-order valence-corrected chi connectivity index (χ4v) is 22.8. The van der Waals surface area contributed by atoms with Crippen LogP contribution in [0.3, 0.4) is 0 Å². The summed E-state index contributed by atoms with van der Waals surface area (Å²) in [6.45, 7) is 27.4. The van der Waals surface area contributed by atoms with E-state index in [-0.39, 0.29) is 81.7 Å². The van der Waals surface area contributed by atoms with Gasteiger partial charge in [0.2, 0.25) is 16.1 Å². The van der Waals surface area contributed by atoms with Crippen LogP contribution in [0, 0.1) is 142 Å². The summed E-state index contributed by atoms with van der Waals surface area (Å²) in [5.74, 6) is 7.64. The first-order chi connectivity index (χ1) is 39.7. The number of fused-ring (bicyclic) bond motifs is 10. The van der Waals surface area contributed by atoms with Crippen LogP contribution in [-0.4, -0.2) is 104 Å². The van der Waals surface area contributed by atoms with Gasteiger partial charge in [-0.1, -0.05) is 88.0 Å². The molecule has 0 amide bonds. The Morgan fingerprint density at radius 1 is 0.702 bits per heavy atom. The van der Waals surface area contributed by atoms with Crippen molar-refractivity contribution in [1.29, 1.82) is 1.34 Å². The van der Waals surface area contributed by atoms with Gasteiger partial charge in [-0.15, -0.1) is 0 Å². The number of aromatic nitrogens is 4. The third-order valence-electron chi connectivity index (χ3n) is 25.4. The maximum absolute atomic E-state index is 12.7. The van der Waals surface area contributed by atoms with Crippen molar-refractivity contribution in [2.75, 3.05) is 12.3 Å². The van der Waals surface area contributed by atoms with Gasteiger partial charge < -0.3 is 15.3 Å². The fourth-order valence-electron chi connectivity index (χ4n) is 21.1. The number of primary sulfonamides is 1. The summed E-state index contributed by atoms with van der Waals surface area (Å²) in [5, 5.41) is 46.9. The number of sulfone groups is 1. The number of aryl methyl sites for hydroxylation is 2. The van der Waals surface area contributed by atoms with Gasteiger partial charge in [-0.3, -0.25) is 14.2 Å². The number of carbonyl (C=O) groups excluding carboxylic acids is 2. The molecule has 2 radical (unpaired) electrons. The number of aliphatic hydroxyl groups excluding tert-OH is 3. The third-order valence-corrected chi connectivity index (χ3v) is 27.9. The van der Waals surface area contributed by atoms with Gasteiger partial charge in [0.1, 0.15) is 21.3 Å². The number of carbonyl (C=O) groups is 1. The van der Waals surface area contributed by atoms with Gasteiger partial charge in [-0.05, 0) is 222 Å². The van der Waals surface area contributed by atoms with Crippen molar-refractivity contribution in [3.05, 3.63) is 24.8 Å². The number of sulfonamides is 1. The molecule has 22 atom stereocenters. The van der Waals surface area contributed by atoms with Gasteiger partial charge in [0.15, 0.2) is 9.84 Å². The van der Waals surface area contributed by atoms with Crippen molar-refractivity contribution in [2.24, 2.45) is 121 Å². The Balaban J connectivity index is 0.000000229. The number of hydrogen-bond donors (Lipinski definition) is 4. The van der Waals surface area contributed by atoms with Crippen LogP contribution >= 0.6 is 0 Å². The molecule has 5 N–H and O–H groups in total. The van der Waals surface area contributed by atoms with Gasteiger partial charge in [-0.25, -0.2) is 31.8 Å². The first kappa shape index (κ1) is 69.8. The zero-order valence-electron chi connectivity index (χ0n) is 54.2. The van der Waals surface area contributed by atoms with Crippen LogP contribution in [0.15, 0.2) is 39.6 Å². The number of aliphatic hydroxyl groups is 3. The van der Waals surface area contributed by atoms with Crippen LogP contribution in [0.4, 0.5) is 0 Å². The van der Waals surface area contributed by atoms with Crippen molar-refractivity contribution < 1.29 is 72.9 Å². The van der Waals surface area contributed by atoms with Crippen molar-refractivity contribution >= 4 is 40.1 Å². The second-order valence-electron chi connectivity index (χ2n) is 29.2. The van der Waals surface area contributed by atoms with Gasteiger partial charge in [0, 0.05) is 71.4 Å². The van der Waals surface area contributed by atoms with Gasteiger partial charge >= 0.3 is 0 Å². The second-order valence-corrected chi connectivity index (χ2v) is 32.8. The zero-order valence-corrected chi connectivity index (χ0v) is 59.0. The summed E-state index contributed by atoms with van der Waals surface area (Å²) in [6.07, 6.45) is 28.4. The molecule has 19 heteroatoms. The van der Waals surface area contributed by atoms with Crippen molar-refractivity contribution in [3.63, 3.8) is 0 Å². The molecule has 0 aromatic carbocycles. The molecule has 8 aliphatic rings. The van der Waals surface area contributed by atoms with Crippen LogP contribution in [0.2, 0.25) is 0 Å². The number of aliphatic imine (C=N–C) groups is 1. The molecule has 2 aromatic heterocycles. The predicted molar refractivity (Wildman–Crippen MR) is 328 cm³/mol. The average Bonchev–Trinajstić information content (AvgIpc) is 1.81. The van der Waals surface area contributed by atoms with Crippen LogP contribution in [0.5, 0.6) is 0 Å². The van der Waals surface area contributed by atoms with Crippen molar-refractivity contribution in [1.82, 2.24) is 19.6 Å². The van der Waals surface area contributed by atoms with E-state index in [2.05, 4.69) is 85.9 Å². The Morgan fingerprint density at radius 3 is 1.62 bits per heavy atom. The first-order valence-electron chi connectivity index (χ1n) is 33.1. The maximum atomic E-state index is 12.7.